The van der Waals surface area contributed by atoms with Crippen molar-refractivity contribution in [3.05, 3.63) is 66.4 Å². The maximum atomic E-state index is 8.60. The van der Waals surface area contributed by atoms with Gasteiger partial charge in [0.25, 0.3) is 0 Å². The molecule has 1 aromatic carbocycles. The molecule has 4 aromatic rings. The summed E-state index contributed by atoms with van der Waals surface area (Å²) in [5, 5.41) is 22.5. The summed E-state index contributed by atoms with van der Waals surface area (Å²) in [5.74, 6) is 1.26. The van der Waals surface area contributed by atoms with Gasteiger partial charge in [0.2, 0.25) is 0 Å². The van der Waals surface area contributed by atoms with Crippen molar-refractivity contribution in [3.63, 3.8) is 0 Å². The number of nitrogens with one attached hydrogen (secondary N) is 3. The van der Waals surface area contributed by atoms with Crippen LogP contribution in [-0.4, -0.2) is 40.6 Å². The first-order valence-electron chi connectivity index (χ1n) is 8.48. The van der Waals surface area contributed by atoms with Gasteiger partial charge in [0.15, 0.2) is 0 Å². The number of hydrogen-bond donors (Lipinski definition) is 4. The SMILES string of the molecule is Cn1cc(-c2ccc(N)c(C(=N)c3cc(NCc4ncn[nH]4)ncn3)c2)cn1. The summed E-state index contributed by atoms with van der Waals surface area (Å²) >= 11 is 0. The van der Waals surface area contributed by atoms with Crippen LogP contribution in [0.4, 0.5) is 11.5 Å². The molecule has 28 heavy (non-hydrogen) atoms. The number of benzene rings is 1. The van der Waals surface area contributed by atoms with Gasteiger partial charge in [0, 0.05) is 36.1 Å². The third-order valence-electron chi connectivity index (χ3n) is 4.19. The Morgan fingerprint density at radius 2 is 2.07 bits per heavy atom. The van der Waals surface area contributed by atoms with Gasteiger partial charge in [0.05, 0.1) is 24.1 Å². The third-order valence-corrected chi connectivity index (χ3v) is 4.19. The normalized spacial score (nSPS) is 10.8. The molecule has 0 bridgehead atoms. The van der Waals surface area contributed by atoms with Gasteiger partial charge in [0.1, 0.15) is 24.3 Å². The summed E-state index contributed by atoms with van der Waals surface area (Å²) in [7, 11) is 1.86. The highest BCUT2D eigenvalue weighted by Crippen LogP contribution is 2.25. The summed E-state index contributed by atoms with van der Waals surface area (Å²) in [4.78, 5) is 12.5. The first kappa shape index (κ1) is 17.3. The zero-order valence-electron chi connectivity index (χ0n) is 15.1. The van der Waals surface area contributed by atoms with Crippen LogP contribution in [0.3, 0.4) is 0 Å². The second kappa shape index (κ2) is 7.27. The zero-order chi connectivity index (χ0) is 19.5. The van der Waals surface area contributed by atoms with Gasteiger partial charge in [-0.15, -0.1) is 0 Å². The molecule has 0 amide bonds. The summed E-state index contributed by atoms with van der Waals surface area (Å²) in [6.07, 6.45) is 6.54. The second-order valence-corrected chi connectivity index (χ2v) is 6.15. The van der Waals surface area contributed by atoms with E-state index in [1.807, 2.05) is 25.4 Å². The maximum absolute atomic E-state index is 8.60. The Bertz CT molecular complexity index is 1110. The van der Waals surface area contributed by atoms with Crippen LogP contribution in [0.1, 0.15) is 17.1 Å². The Labute approximate surface area is 160 Å². The van der Waals surface area contributed by atoms with Crippen molar-refractivity contribution in [3.8, 4) is 11.1 Å². The van der Waals surface area contributed by atoms with Crippen LogP contribution in [0.2, 0.25) is 0 Å². The van der Waals surface area contributed by atoms with Crippen molar-refractivity contribution in [1.82, 2.24) is 34.9 Å². The number of nitrogens with two attached hydrogens (primary N) is 1. The van der Waals surface area contributed by atoms with Crippen molar-refractivity contribution in [2.45, 2.75) is 6.54 Å². The minimum atomic E-state index is 0.216. The first-order chi connectivity index (χ1) is 13.6. The van der Waals surface area contributed by atoms with Crippen LogP contribution >= 0.6 is 0 Å². The predicted octanol–water partition coefficient (Wildman–Crippen LogP) is 1.61. The lowest BCUT2D eigenvalue weighted by molar-refractivity contribution is 0.768. The van der Waals surface area contributed by atoms with Crippen molar-refractivity contribution in [1.29, 1.82) is 5.41 Å². The standard InChI is InChI=1S/C18H18N10/c1-28-8-12(6-26-28)11-2-3-14(19)13(4-11)18(20)15-5-16(23-9-22-15)21-7-17-24-10-25-27-17/h2-6,8-10,20H,7,19H2,1H3,(H,21,22,23)(H,24,25,27). The van der Waals surface area contributed by atoms with Gasteiger partial charge in [-0.3, -0.25) is 15.2 Å². The Morgan fingerprint density at radius 3 is 2.82 bits per heavy atom. The monoisotopic (exact) mass is 374 g/mol. The lowest BCUT2D eigenvalue weighted by Crippen LogP contribution is -2.10. The fourth-order valence-electron chi connectivity index (χ4n) is 2.74. The van der Waals surface area contributed by atoms with Crippen LogP contribution in [0.15, 0.2) is 49.3 Å². The summed E-state index contributed by atoms with van der Waals surface area (Å²) in [5.41, 5.74) is 9.80. The molecule has 0 aliphatic heterocycles. The van der Waals surface area contributed by atoms with E-state index in [4.69, 9.17) is 11.1 Å². The third kappa shape index (κ3) is 3.56. The smallest absolute Gasteiger partial charge is 0.143 e. The number of anilines is 2. The van der Waals surface area contributed by atoms with Crippen molar-refractivity contribution >= 4 is 17.2 Å². The van der Waals surface area contributed by atoms with Crippen LogP contribution in [0, 0.1) is 5.41 Å². The number of aryl methyl sites for hydroxylation is 1. The Balaban J connectivity index is 1.59. The number of hydrogen-bond acceptors (Lipinski definition) is 8. The number of nitrogens with zero attached hydrogens (tertiary/aromatic N) is 6. The van der Waals surface area contributed by atoms with E-state index in [1.54, 1.807) is 23.0 Å². The lowest BCUT2D eigenvalue weighted by Gasteiger charge is -2.10. The fourth-order valence-corrected chi connectivity index (χ4v) is 2.74. The highest BCUT2D eigenvalue weighted by atomic mass is 15.2. The largest absolute Gasteiger partial charge is 0.398 e. The van der Waals surface area contributed by atoms with Gasteiger partial charge in [-0.1, -0.05) is 6.07 Å². The molecule has 0 aliphatic carbocycles. The van der Waals surface area contributed by atoms with Crippen LogP contribution < -0.4 is 11.1 Å². The summed E-state index contributed by atoms with van der Waals surface area (Å²) < 4.78 is 1.73. The van der Waals surface area contributed by atoms with Crippen LogP contribution in [-0.2, 0) is 13.6 Å². The molecule has 4 rings (SSSR count). The Kier molecular flexibility index (Phi) is 4.50. The quantitative estimate of drug-likeness (QED) is 0.296. The van der Waals surface area contributed by atoms with E-state index in [0.717, 1.165) is 11.1 Å². The lowest BCUT2D eigenvalue weighted by atomic mass is 9.99. The van der Waals surface area contributed by atoms with Gasteiger partial charge >= 0.3 is 0 Å². The molecule has 140 valence electrons. The van der Waals surface area contributed by atoms with Gasteiger partial charge in [-0.25, -0.2) is 15.0 Å². The van der Waals surface area contributed by atoms with E-state index in [-0.39, 0.29) is 5.71 Å². The van der Waals surface area contributed by atoms with E-state index in [0.29, 0.717) is 35.1 Å². The van der Waals surface area contributed by atoms with Crippen molar-refractivity contribution < 1.29 is 0 Å². The molecule has 3 heterocycles. The summed E-state index contributed by atoms with van der Waals surface area (Å²) in [6, 6.07) is 7.28. The average molecular weight is 374 g/mol. The molecule has 0 radical (unpaired) electrons. The molecule has 0 unspecified atom stereocenters. The average Bonchev–Trinajstić information content (AvgIpc) is 3.38. The highest BCUT2D eigenvalue weighted by molar-refractivity contribution is 6.13. The molecule has 10 nitrogen and oxygen atoms in total. The Hall–Kier alpha value is -4.08. The van der Waals surface area contributed by atoms with Gasteiger partial charge < -0.3 is 11.1 Å². The molecular weight excluding hydrogens is 356 g/mol. The van der Waals surface area contributed by atoms with E-state index < -0.39 is 0 Å². The first-order valence-corrected chi connectivity index (χ1v) is 8.48. The molecule has 0 saturated heterocycles. The molecule has 0 aliphatic rings. The number of H-pyrrole nitrogens is 1. The van der Waals surface area contributed by atoms with E-state index in [9.17, 15) is 0 Å². The molecule has 0 atom stereocenters. The minimum Gasteiger partial charge on any atom is -0.398 e. The van der Waals surface area contributed by atoms with Crippen LogP contribution in [0.25, 0.3) is 11.1 Å². The zero-order valence-corrected chi connectivity index (χ0v) is 15.1. The minimum absolute atomic E-state index is 0.216. The fraction of sp³-hybridized carbons (Fsp3) is 0.111. The molecule has 0 fully saturated rings. The van der Waals surface area contributed by atoms with Crippen molar-refractivity contribution in [2.24, 2.45) is 7.05 Å². The molecule has 0 saturated carbocycles. The number of rotatable bonds is 6. The molecule has 3 aromatic heterocycles. The number of aromatic nitrogens is 7. The molecule has 5 N–H and O–H groups in total. The predicted molar refractivity (Wildman–Crippen MR) is 105 cm³/mol. The molecule has 10 heteroatoms. The van der Waals surface area contributed by atoms with E-state index in [2.05, 4.69) is 35.6 Å². The van der Waals surface area contributed by atoms with Gasteiger partial charge in [-0.05, 0) is 17.7 Å². The second-order valence-electron chi connectivity index (χ2n) is 6.15. The van der Waals surface area contributed by atoms with Crippen molar-refractivity contribution in [2.75, 3.05) is 11.1 Å². The Morgan fingerprint density at radius 1 is 1.18 bits per heavy atom. The van der Waals surface area contributed by atoms with Crippen LogP contribution in [0.5, 0.6) is 0 Å². The van der Waals surface area contributed by atoms with E-state index >= 15 is 0 Å². The number of aromatic amines is 1. The highest BCUT2D eigenvalue weighted by Gasteiger charge is 2.13. The molecule has 0 spiro atoms. The molecular formula is C18H18N10. The van der Waals surface area contributed by atoms with Gasteiger partial charge in [-0.2, -0.15) is 10.2 Å². The topological polar surface area (TPSA) is 147 Å². The summed E-state index contributed by atoms with van der Waals surface area (Å²) in [6.45, 7) is 0.433. The van der Waals surface area contributed by atoms with E-state index in [1.165, 1.54) is 12.7 Å². The maximum Gasteiger partial charge on any atom is 0.143 e. The number of nitrogen functional groups attached to an aromatic ring is 1.